The van der Waals surface area contributed by atoms with Crippen LogP contribution >= 0.6 is 0 Å². The molecule has 4 heteroatoms. The number of nitrogens with zero attached hydrogens (tertiary/aromatic N) is 1. The average molecular weight is 585 g/mol. The predicted molar refractivity (Wildman–Crippen MR) is 191 cm³/mol. The molecule has 0 spiro atoms. The van der Waals surface area contributed by atoms with Gasteiger partial charge in [-0.05, 0) is 62.8 Å². The van der Waals surface area contributed by atoms with Gasteiger partial charge in [0, 0.05) is 21.6 Å². The Morgan fingerprint density at radius 2 is 0.935 bits per heavy atom. The SMILES string of the molecule is c1ccc2c(c1)Oc1cccc3c1B2c1cc2c4ccccc4c4ccccc4c4ccccc4n4c5ccccc5c(c1O3)c24. The summed E-state index contributed by atoms with van der Waals surface area (Å²) in [4.78, 5) is 0. The summed E-state index contributed by atoms with van der Waals surface area (Å²) in [6, 6.07) is 52.3. The van der Waals surface area contributed by atoms with Crippen molar-refractivity contribution in [2.24, 2.45) is 0 Å². The minimum Gasteiger partial charge on any atom is -0.458 e. The fraction of sp³-hybridized carbons (Fsp3) is 0. The van der Waals surface area contributed by atoms with Crippen LogP contribution in [0.4, 0.5) is 0 Å². The topological polar surface area (TPSA) is 22.9 Å². The first kappa shape index (κ1) is 24.3. The zero-order valence-electron chi connectivity index (χ0n) is 24.7. The largest absolute Gasteiger partial charge is 0.458 e. The standard InChI is InChI=1S/C42H24BNO2/c1-3-14-27-25(12-1)26-13-2-4-15-28(26)31-24-33-42(46-38-23-11-22-37-40(38)43(33)32-18-7-10-21-36(32)45-37)39-30-17-6-9-20-35(30)44(41(31)39)34-19-8-5-16-29(27)34/h1-24H. The number of fused-ring (bicyclic) bond motifs is 15. The van der Waals surface area contributed by atoms with E-state index in [9.17, 15) is 0 Å². The molecule has 0 atom stereocenters. The Kier molecular flexibility index (Phi) is 4.66. The van der Waals surface area contributed by atoms with E-state index in [1.165, 1.54) is 37.7 Å². The lowest BCUT2D eigenvalue weighted by Crippen LogP contribution is -2.57. The second-order valence-electron chi connectivity index (χ2n) is 12.4. The first-order valence-electron chi connectivity index (χ1n) is 15.8. The maximum absolute atomic E-state index is 7.05. The Morgan fingerprint density at radius 3 is 1.67 bits per heavy atom. The highest BCUT2D eigenvalue weighted by molar-refractivity contribution is 6.98. The number of rotatable bonds is 0. The molecule has 2 aromatic heterocycles. The third-order valence-corrected chi connectivity index (χ3v) is 10.1. The number of ether oxygens (including phenoxy) is 2. The number of hydrogen-bond acceptors (Lipinski definition) is 2. The quantitative estimate of drug-likeness (QED) is 0.166. The van der Waals surface area contributed by atoms with Crippen LogP contribution < -0.4 is 25.9 Å². The van der Waals surface area contributed by atoms with Gasteiger partial charge in [-0.3, -0.25) is 0 Å². The van der Waals surface area contributed by atoms with E-state index in [1.54, 1.807) is 0 Å². The minimum absolute atomic E-state index is 0.0259. The molecule has 0 amide bonds. The normalized spacial score (nSPS) is 13.1. The van der Waals surface area contributed by atoms with Gasteiger partial charge in [0.05, 0.1) is 21.9 Å². The smallest absolute Gasteiger partial charge is 0.260 e. The fourth-order valence-corrected chi connectivity index (χ4v) is 8.25. The molecular weight excluding hydrogens is 561 g/mol. The first-order valence-corrected chi connectivity index (χ1v) is 15.8. The van der Waals surface area contributed by atoms with Crippen molar-refractivity contribution in [1.29, 1.82) is 0 Å². The molecule has 212 valence electrons. The number of benzene rings is 7. The molecule has 0 radical (unpaired) electrons. The molecule has 0 aliphatic carbocycles. The van der Waals surface area contributed by atoms with Gasteiger partial charge >= 0.3 is 0 Å². The Hall–Kier alpha value is -6.00. The van der Waals surface area contributed by atoms with Crippen molar-refractivity contribution in [3.8, 4) is 23.0 Å². The van der Waals surface area contributed by atoms with Crippen LogP contribution in [-0.2, 0) is 0 Å². The lowest BCUT2D eigenvalue weighted by molar-refractivity contribution is 0.467. The summed E-state index contributed by atoms with van der Waals surface area (Å²) >= 11 is 0. The van der Waals surface area contributed by atoms with Gasteiger partial charge < -0.3 is 13.9 Å². The Morgan fingerprint density at radius 1 is 0.413 bits per heavy atom. The third-order valence-electron chi connectivity index (χ3n) is 10.1. The van der Waals surface area contributed by atoms with E-state index in [1.807, 2.05) is 6.07 Å². The first-order chi connectivity index (χ1) is 22.8. The Labute approximate surface area is 264 Å². The van der Waals surface area contributed by atoms with Crippen molar-refractivity contribution < 1.29 is 9.47 Å². The van der Waals surface area contributed by atoms with Gasteiger partial charge in [-0.25, -0.2) is 0 Å². The molecule has 46 heavy (non-hydrogen) atoms. The van der Waals surface area contributed by atoms with Gasteiger partial charge in [-0.15, -0.1) is 0 Å². The molecule has 11 rings (SSSR count). The molecule has 3 nitrogen and oxygen atoms in total. The lowest BCUT2D eigenvalue weighted by Gasteiger charge is -2.33. The molecular formula is C42H24BNO2. The van der Waals surface area contributed by atoms with E-state index in [0.717, 1.165) is 61.3 Å². The summed E-state index contributed by atoms with van der Waals surface area (Å²) in [6.45, 7) is -0.0259. The van der Waals surface area contributed by atoms with Gasteiger partial charge in [0.2, 0.25) is 0 Å². The molecule has 0 N–H and O–H groups in total. The highest BCUT2D eigenvalue weighted by Crippen LogP contribution is 2.45. The zero-order chi connectivity index (χ0) is 29.9. The summed E-state index contributed by atoms with van der Waals surface area (Å²) in [5.41, 5.74) is 6.90. The lowest BCUT2D eigenvalue weighted by atomic mass is 9.34. The second-order valence-corrected chi connectivity index (χ2v) is 12.4. The molecule has 9 aromatic rings. The van der Waals surface area contributed by atoms with Crippen LogP contribution in [0.3, 0.4) is 0 Å². The van der Waals surface area contributed by atoms with Gasteiger partial charge in [-0.1, -0.05) is 115 Å². The molecule has 7 aromatic carbocycles. The maximum Gasteiger partial charge on any atom is 0.260 e. The van der Waals surface area contributed by atoms with Crippen molar-refractivity contribution >= 4 is 82.7 Å². The average Bonchev–Trinajstić information content (AvgIpc) is 3.48. The van der Waals surface area contributed by atoms with Crippen molar-refractivity contribution in [3.05, 3.63) is 146 Å². The molecule has 2 aliphatic rings. The van der Waals surface area contributed by atoms with Crippen LogP contribution in [0, 0.1) is 0 Å². The van der Waals surface area contributed by atoms with E-state index in [-0.39, 0.29) is 6.71 Å². The summed E-state index contributed by atoms with van der Waals surface area (Å²) in [7, 11) is 0. The molecule has 0 unspecified atom stereocenters. The van der Waals surface area contributed by atoms with Crippen LogP contribution in [0.15, 0.2) is 146 Å². The van der Waals surface area contributed by atoms with Gasteiger partial charge in [0.25, 0.3) is 6.71 Å². The Balaban J connectivity index is 1.48. The summed E-state index contributed by atoms with van der Waals surface area (Å²) < 4.78 is 16.0. The minimum atomic E-state index is -0.0259. The van der Waals surface area contributed by atoms with E-state index >= 15 is 0 Å². The highest BCUT2D eigenvalue weighted by Gasteiger charge is 2.41. The molecule has 0 bridgehead atoms. The van der Waals surface area contributed by atoms with Gasteiger partial charge in [-0.2, -0.15) is 0 Å². The zero-order valence-corrected chi connectivity index (χ0v) is 24.7. The van der Waals surface area contributed by atoms with E-state index < -0.39 is 0 Å². The van der Waals surface area contributed by atoms with Crippen LogP contribution in [0.2, 0.25) is 0 Å². The van der Waals surface area contributed by atoms with E-state index in [2.05, 4.69) is 144 Å². The van der Waals surface area contributed by atoms with Crippen molar-refractivity contribution in [2.45, 2.75) is 0 Å². The Bertz CT molecular complexity index is 2830. The second kappa shape index (κ2) is 8.80. The maximum atomic E-state index is 7.05. The molecule has 0 saturated carbocycles. The van der Waals surface area contributed by atoms with Crippen molar-refractivity contribution in [2.75, 3.05) is 0 Å². The van der Waals surface area contributed by atoms with E-state index in [0.29, 0.717) is 0 Å². The van der Waals surface area contributed by atoms with Crippen LogP contribution in [-0.4, -0.2) is 11.1 Å². The number of para-hydroxylation sites is 3. The van der Waals surface area contributed by atoms with Crippen molar-refractivity contribution in [1.82, 2.24) is 4.40 Å². The highest BCUT2D eigenvalue weighted by atomic mass is 16.5. The monoisotopic (exact) mass is 585 g/mol. The van der Waals surface area contributed by atoms with Gasteiger partial charge in [0.15, 0.2) is 0 Å². The van der Waals surface area contributed by atoms with E-state index in [4.69, 9.17) is 9.47 Å². The van der Waals surface area contributed by atoms with Gasteiger partial charge in [0.1, 0.15) is 23.0 Å². The third kappa shape index (κ3) is 3.03. The molecule has 0 fully saturated rings. The fourth-order valence-electron chi connectivity index (χ4n) is 8.25. The molecule has 2 aliphatic heterocycles. The molecule has 4 heterocycles. The number of aromatic nitrogens is 1. The molecule has 0 saturated heterocycles. The summed E-state index contributed by atoms with van der Waals surface area (Å²) in [6.07, 6.45) is 0. The van der Waals surface area contributed by atoms with Crippen LogP contribution in [0.1, 0.15) is 0 Å². The summed E-state index contributed by atoms with van der Waals surface area (Å²) in [5, 5.41) is 9.59. The van der Waals surface area contributed by atoms with Crippen molar-refractivity contribution in [3.63, 3.8) is 0 Å². The van der Waals surface area contributed by atoms with Crippen LogP contribution in [0.5, 0.6) is 23.0 Å². The number of hydrogen-bond donors (Lipinski definition) is 0. The summed E-state index contributed by atoms with van der Waals surface area (Å²) in [5.74, 6) is 3.53. The van der Waals surface area contributed by atoms with Crippen LogP contribution in [0.25, 0.3) is 59.6 Å². The predicted octanol–water partition coefficient (Wildman–Crippen LogP) is 9.00.